The van der Waals surface area contributed by atoms with Crippen molar-refractivity contribution < 1.29 is 14.1 Å². The summed E-state index contributed by atoms with van der Waals surface area (Å²) in [6, 6.07) is 9.87. The summed E-state index contributed by atoms with van der Waals surface area (Å²) >= 11 is 0. The van der Waals surface area contributed by atoms with Crippen molar-refractivity contribution in [3.05, 3.63) is 41.8 Å². The number of piperidine rings is 1. The number of para-hydroxylation sites is 2. The van der Waals surface area contributed by atoms with E-state index in [2.05, 4.69) is 10.1 Å². The van der Waals surface area contributed by atoms with Gasteiger partial charge in [-0.15, -0.1) is 0 Å². The summed E-state index contributed by atoms with van der Waals surface area (Å²) in [5.41, 5.74) is 1.80. The van der Waals surface area contributed by atoms with Gasteiger partial charge in [0, 0.05) is 6.07 Å². The number of benzene rings is 1. The third-order valence-corrected chi connectivity index (χ3v) is 4.97. The summed E-state index contributed by atoms with van der Waals surface area (Å²) in [4.78, 5) is 17.1. The van der Waals surface area contributed by atoms with Crippen LogP contribution in [0.15, 0.2) is 34.9 Å². The minimum absolute atomic E-state index is 0.114. The minimum Gasteiger partial charge on any atom is -0.490 e. The lowest BCUT2D eigenvalue weighted by atomic mass is 9.99. The molecule has 1 amide bonds. The highest BCUT2D eigenvalue weighted by atomic mass is 16.5. The van der Waals surface area contributed by atoms with Crippen LogP contribution in [0.3, 0.4) is 0 Å². The van der Waals surface area contributed by atoms with Crippen molar-refractivity contribution in [1.82, 2.24) is 10.1 Å². The molecule has 0 bridgehead atoms. The smallest absolute Gasteiger partial charge is 0.241 e. The Labute approximate surface area is 147 Å². The number of amides is 1. The largest absolute Gasteiger partial charge is 0.490 e. The molecule has 0 radical (unpaired) electrons. The molecule has 6 heteroatoms. The predicted molar refractivity (Wildman–Crippen MR) is 93.7 cm³/mol. The second kappa shape index (κ2) is 6.88. The third kappa shape index (κ3) is 3.26. The highest BCUT2D eigenvalue weighted by Crippen LogP contribution is 2.33. The quantitative estimate of drug-likeness (QED) is 0.859. The Kier molecular flexibility index (Phi) is 4.44. The number of carbonyl (C=O) groups is 1. The molecule has 0 saturated carbocycles. The molecule has 0 spiro atoms. The molecule has 6 nitrogen and oxygen atoms in total. The standard InChI is InChI=1S/C19H23N3O3/c1-14-12-15(20-25-14)16-6-4-5-9-21(16)13-19(23)22-10-11-24-18-8-3-2-7-17(18)22/h2-3,7-8,12,16H,4-6,9-11,13H2,1H3/t16-/m1/s1. The number of ether oxygens (including phenoxy) is 1. The van der Waals surface area contributed by atoms with Crippen LogP contribution < -0.4 is 9.64 Å². The van der Waals surface area contributed by atoms with E-state index in [-0.39, 0.29) is 11.9 Å². The molecule has 25 heavy (non-hydrogen) atoms. The van der Waals surface area contributed by atoms with E-state index in [1.807, 2.05) is 42.2 Å². The number of anilines is 1. The van der Waals surface area contributed by atoms with Gasteiger partial charge in [0.1, 0.15) is 23.8 Å². The lowest BCUT2D eigenvalue weighted by Gasteiger charge is -2.36. The van der Waals surface area contributed by atoms with Gasteiger partial charge in [-0.1, -0.05) is 23.7 Å². The zero-order chi connectivity index (χ0) is 17.2. The van der Waals surface area contributed by atoms with Gasteiger partial charge >= 0.3 is 0 Å². The van der Waals surface area contributed by atoms with Crippen LogP contribution in [-0.2, 0) is 4.79 Å². The first-order valence-corrected chi connectivity index (χ1v) is 8.92. The minimum atomic E-state index is 0.114. The maximum atomic E-state index is 13.0. The van der Waals surface area contributed by atoms with Crippen molar-refractivity contribution in [3.63, 3.8) is 0 Å². The molecular weight excluding hydrogens is 318 g/mol. The number of hydrogen-bond acceptors (Lipinski definition) is 5. The molecule has 2 aliphatic rings. The zero-order valence-corrected chi connectivity index (χ0v) is 14.5. The van der Waals surface area contributed by atoms with Gasteiger partial charge in [0.05, 0.1) is 24.8 Å². The summed E-state index contributed by atoms with van der Waals surface area (Å²) in [5, 5.41) is 4.18. The number of carbonyl (C=O) groups excluding carboxylic acids is 1. The number of aromatic nitrogens is 1. The molecule has 4 rings (SSSR count). The zero-order valence-electron chi connectivity index (χ0n) is 14.5. The number of rotatable bonds is 3. The van der Waals surface area contributed by atoms with Gasteiger partial charge in [-0.25, -0.2) is 0 Å². The fourth-order valence-electron chi connectivity index (χ4n) is 3.75. The van der Waals surface area contributed by atoms with E-state index in [9.17, 15) is 4.79 Å². The Morgan fingerprint density at radius 3 is 3.00 bits per heavy atom. The van der Waals surface area contributed by atoms with Crippen molar-refractivity contribution in [2.24, 2.45) is 0 Å². The summed E-state index contributed by atoms with van der Waals surface area (Å²) in [6.07, 6.45) is 3.28. The van der Waals surface area contributed by atoms with Crippen LogP contribution >= 0.6 is 0 Å². The van der Waals surface area contributed by atoms with E-state index in [0.717, 1.165) is 48.7 Å². The lowest BCUT2D eigenvalue weighted by molar-refractivity contribution is -0.121. The fraction of sp³-hybridized carbons (Fsp3) is 0.474. The number of nitrogens with zero attached hydrogens (tertiary/aromatic N) is 3. The predicted octanol–water partition coefficient (Wildman–Crippen LogP) is 2.94. The molecule has 2 aromatic rings. The van der Waals surface area contributed by atoms with Crippen molar-refractivity contribution in [3.8, 4) is 5.75 Å². The van der Waals surface area contributed by atoms with Gasteiger partial charge in [-0.2, -0.15) is 0 Å². The molecule has 1 aromatic carbocycles. The molecule has 0 aliphatic carbocycles. The van der Waals surface area contributed by atoms with E-state index >= 15 is 0 Å². The van der Waals surface area contributed by atoms with E-state index in [0.29, 0.717) is 19.7 Å². The third-order valence-electron chi connectivity index (χ3n) is 4.97. The molecule has 0 N–H and O–H groups in total. The molecule has 0 unspecified atom stereocenters. The van der Waals surface area contributed by atoms with E-state index in [1.165, 1.54) is 0 Å². The Morgan fingerprint density at radius 2 is 2.16 bits per heavy atom. The summed E-state index contributed by atoms with van der Waals surface area (Å²) in [6.45, 7) is 4.34. The molecular formula is C19H23N3O3. The van der Waals surface area contributed by atoms with Gasteiger partial charge in [-0.3, -0.25) is 9.69 Å². The van der Waals surface area contributed by atoms with Crippen molar-refractivity contribution in [2.75, 3.05) is 31.1 Å². The molecule has 1 saturated heterocycles. The molecule has 132 valence electrons. The average Bonchev–Trinajstić information content (AvgIpc) is 3.08. The molecule has 1 atom stereocenters. The van der Waals surface area contributed by atoms with Gasteiger partial charge < -0.3 is 14.2 Å². The normalized spacial score (nSPS) is 20.8. The first kappa shape index (κ1) is 16.1. The highest BCUT2D eigenvalue weighted by Gasteiger charge is 2.31. The molecule has 1 aromatic heterocycles. The number of aryl methyl sites for hydroxylation is 1. The summed E-state index contributed by atoms with van der Waals surface area (Å²) < 4.78 is 10.9. The van der Waals surface area contributed by atoms with Gasteiger partial charge in [0.2, 0.25) is 5.91 Å². The van der Waals surface area contributed by atoms with E-state index in [4.69, 9.17) is 9.26 Å². The Hall–Kier alpha value is -2.34. The van der Waals surface area contributed by atoms with Gasteiger partial charge in [-0.05, 0) is 38.4 Å². The Bertz CT molecular complexity index is 758. The summed E-state index contributed by atoms with van der Waals surface area (Å²) in [5.74, 6) is 1.71. The molecule has 3 heterocycles. The molecule has 1 fully saturated rings. The van der Waals surface area contributed by atoms with Gasteiger partial charge in [0.25, 0.3) is 0 Å². The Balaban J connectivity index is 1.51. The first-order valence-electron chi connectivity index (χ1n) is 8.92. The summed E-state index contributed by atoms with van der Waals surface area (Å²) in [7, 11) is 0. The molecule has 2 aliphatic heterocycles. The maximum Gasteiger partial charge on any atom is 0.241 e. The van der Waals surface area contributed by atoms with Crippen LogP contribution in [0.4, 0.5) is 5.69 Å². The number of likely N-dealkylation sites (tertiary alicyclic amines) is 1. The first-order chi connectivity index (χ1) is 12.2. The van der Waals surface area contributed by atoms with Crippen LogP contribution in [0.1, 0.15) is 36.8 Å². The van der Waals surface area contributed by atoms with Crippen molar-refractivity contribution in [1.29, 1.82) is 0 Å². The maximum absolute atomic E-state index is 13.0. The average molecular weight is 341 g/mol. The van der Waals surface area contributed by atoms with Crippen molar-refractivity contribution in [2.45, 2.75) is 32.2 Å². The number of hydrogen-bond donors (Lipinski definition) is 0. The lowest BCUT2D eigenvalue weighted by Crippen LogP contribution is -2.46. The second-order valence-electron chi connectivity index (χ2n) is 6.71. The van der Waals surface area contributed by atoms with Crippen LogP contribution in [0.2, 0.25) is 0 Å². The van der Waals surface area contributed by atoms with Crippen molar-refractivity contribution >= 4 is 11.6 Å². The van der Waals surface area contributed by atoms with Crippen LogP contribution in [0.5, 0.6) is 5.75 Å². The highest BCUT2D eigenvalue weighted by molar-refractivity contribution is 5.96. The second-order valence-corrected chi connectivity index (χ2v) is 6.71. The van der Waals surface area contributed by atoms with E-state index < -0.39 is 0 Å². The van der Waals surface area contributed by atoms with Crippen LogP contribution in [0, 0.1) is 6.92 Å². The fourth-order valence-corrected chi connectivity index (χ4v) is 3.75. The Morgan fingerprint density at radius 1 is 1.28 bits per heavy atom. The topological polar surface area (TPSA) is 58.8 Å². The van der Waals surface area contributed by atoms with Gasteiger partial charge in [0.15, 0.2) is 0 Å². The number of fused-ring (bicyclic) bond motifs is 1. The van der Waals surface area contributed by atoms with Crippen LogP contribution in [0.25, 0.3) is 0 Å². The monoisotopic (exact) mass is 341 g/mol. The van der Waals surface area contributed by atoms with Crippen LogP contribution in [-0.4, -0.2) is 42.2 Å². The SMILES string of the molecule is Cc1cc([C@H]2CCCCN2CC(=O)N2CCOc3ccccc32)no1. The van der Waals surface area contributed by atoms with E-state index in [1.54, 1.807) is 0 Å².